The summed E-state index contributed by atoms with van der Waals surface area (Å²) < 4.78 is 5.81. The van der Waals surface area contributed by atoms with Crippen molar-refractivity contribution >= 4 is 0 Å². The molecule has 0 aliphatic carbocycles. The molecule has 0 saturated heterocycles. The molecule has 0 saturated carbocycles. The molecule has 3 nitrogen and oxygen atoms in total. The van der Waals surface area contributed by atoms with Crippen LogP contribution in [0.15, 0.2) is 48.5 Å². The standard InChI is InChI=1S/C19H24O3/c1-3-18(20)19(21)12-10-15-9-11-17(13-14(15)2)22-16-7-5-4-6-8-16/h4-9,11,13,18-21H,3,10,12H2,1-2H3. The van der Waals surface area contributed by atoms with Crippen molar-refractivity contribution in [1.82, 2.24) is 0 Å². The predicted octanol–water partition coefficient (Wildman–Crippen LogP) is 3.85. The molecule has 0 aliphatic heterocycles. The minimum absolute atomic E-state index is 0.564. The lowest BCUT2D eigenvalue weighted by atomic mass is 9.99. The monoisotopic (exact) mass is 300 g/mol. The highest BCUT2D eigenvalue weighted by molar-refractivity contribution is 5.37. The zero-order valence-corrected chi connectivity index (χ0v) is 13.2. The molecule has 0 spiro atoms. The van der Waals surface area contributed by atoms with Gasteiger partial charge in [-0.25, -0.2) is 0 Å². The Labute approximate surface area is 132 Å². The van der Waals surface area contributed by atoms with E-state index in [-0.39, 0.29) is 0 Å². The molecule has 2 rings (SSSR count). The highest BCUT2D eigenvalue weighted by Gasteiger charge is 2.14. The Kier molecular flexibility index (Phi) is 5.99. The van der Waals surface area contributed by atoms with E-state index in [4.69, 9.17) is 4.74 Å². The van der Waals surface area contributed by atoms with Gasteiger partial charge in [0, 0.05) is 0 Å². The Morgan fingerprint density at radius 1 is 0.955 bits per heavy atom. The summed E-state index contributed by atoms with van der Waals surface area (Å²) in [4.78, 5) is 0. The Morgan fingerprint density at radius 3 is 2.32 bits per heavy atom. The molecule has 2 unspecified atom stereocenters. The number of benzene rings is 2. The van der Waals surface area contributed by atoms with Crippen molar-refractivity contribution in [2.75, 3.05) is 0 Å². The molecule has 0 aromatic heterocycles. The van der Waals surface area contributed by atoms with E-state index in [2.05, 4.69) is 0 Å². The largest absolute Gasteiger partial charge is 0.457 e. The second-order valence-electron chi connectivity index (χ2n) is 5.59. The van der Waals surface area contributed by atoms with Crippen molar-refractivity contribution in [3.63, 3.8) is 0 Å². The second-order valence-corrected chi connectivity index (χ2v) is 5.59. The Bertz CT molecular complexity index is 580. The minimum Gasteiger partial charge on any atom is -0.457 e. The van der Waals surface area contributed by atoms with Crippen LogP contribution >= 0.6 is 0 Å². The van der Waals surface area contributed by atoms with Gasteiger partial charge in [-0.1, -0.05) is 31.2 Å². The molecular weight excluding hydrogens is 276 g/mol. The van der Waals surface area contributed by atoms with Crippen LogP contribution in [0.3, 0.4) is 0 Å². The second kappa shape index (κ2) is 7.97. The van der Waals surface area contributed by atoms with Crippen LogP contribution in [0.5, 0.6) is 11.5 Å². The van der Waals surface area contributed by atoms with Gasteiger partial charge in [-0.15, -0.1) is 0 Å². The molecule has 2 aromatic rings. The Morgan fingerprint density at radius 2 is 1.68 bits per heavy atom. The molecule has 2 aromatic carbocycles. The predicted molar refractivity (Wildman–Crippen MR) is 88.3 cm³/mol. The number of rotatable bonds is 7. The highest BCUT2D eigenvalue weighted by Crippen LogP contribution is 2.24. The van der Waals surface area contributed by atoms with Crippen LogP contribution in [0.4, 0.5) is 0 Å². The summed E-state index contributed by atoms with van der Waals surface area (Å²) >= 11 is 0. The number of para-hydroxylation sites is 1. The van der Waals surface area contributed by atoms with Crippen molar-refractivity contribution in [2.24, 2.45) is 0 Å². The van der Waals surface area contributed by atoms with Gasteiger partial charge in [-0.2, -0.15) is 0 Å². The summed E-state index contributed by atoms with van der Waals surface area (Å²) in [6, 6.07) is 15.7. The van der Waals surface area contributed by atoms with E-state index in [1.807, 2.05) is 62.4 Å². The van der Waals surface area contributed by atoms with Gasteiger partial charge >= 0.3 is 0 Å². The average molecular weight is 300 g/mol. The normalized spacial score (nSPS) is 13.6. The molecular formula is C19H24O3. The molecule has 0 amide bonds. The summed E-state index contributed by atoms with van der Waals surface area (Å²) in [5.41, 5.74) is 2.30. The van der Waals surface area contributed by atoms with E-state index < -0.39 is 12.2 Å². The zero-order valence-electron chi connectivity index (χ0n) is 13.2. The topological polar surface area (TPSA) is 49.7 Å². The fraction of sp³-hybridized carbons (Fsp3) is 0.368. The van der Waals surface area contributed by atoms with Crippen molar-refractivity contribution in [3.05, 3.63) is 59.7 Å². The summed E-state index contributed by atoms with van der Waals surface area (Å²) in [5, 5.41) is 19.5. The van der Waals surface area contributed by atoms with Crippen molar-refractivity contribution < 1.29 is 14.9 Å². The molecule has 0 radical (unpaired) electrons. The third kappa shape index (κ3) is 4.58. The van der Waals surface area contributed by atoms with Crippen LogP contribution in [0.2, 0.25) is 0 Å². The van der Waals surface area contributed by atoms with Gasteiger partial charge in [0.2, 0.25) is 0 Å². The first-order valence-corrected chi connectivity index (χ1v) is 7.78. The maximum Gasteiger partial charge on any atom is 0.127 e. The van der Waals surface area contributed by atoms with Crippen LogP contribution < -0.4 is 4.74 Å². The van der Waals surface area contributed by atoms with E-state index >= 15 is 0 Å². The van der Waals surface area contributed by atoms with Gasteiger partial charge in [-0.3, -0.25) is 0 Å². The van der Waals surface area contributed by atoms with Crippen LogP contribution in [-0.4, -0.2) is 22.4 Å². The lowest BCUT2D eigenvalue weighted by Gasteiger charge is -2.17. The van der Waals surface area contributed by atoms with E-state index in [1.54, 1.807) is 0 Å². The molecule has 0 heterocycles. The first-order valence-electron chi connectivity index (χ1n) is 7.78. The van der Waals surface area contributed by atoms with E-state index in [0.717, 1.165) is 23.5 Å². The van der Waals surface area contributed by atoms with Crippen LogP contribution in [-0.2, 0) is 6.42 Å². The van der Waals surface area contributed by atoms with Crippen molar-refractivity contribution in [1.29, 1.82) is 0 Å². The fourth-order valence-corrected chi connectivity index (χ4v) is 2.40. The van der Waals surface area contributed by atoms with Crippen LogP contribution in [0, 0.1) is 6.92 Å². The van der Waals surface area contributed by atoms with E-state index in [1.165, 1.54) is 5.56 Å². The van der Waals surface area contributed by atoms with E-state index in [0.29, 0.717) is 12.8 Å². The minimum atomic E-state index is -0.662. The number of ether oxygens (including phenoxy) is 1. The number of hydrogen-bond donors (Lipinski definition) is 2. The van der Waals surface area contributed by atoms with Gasteiger partial charge < -0.3 is 14.9 Å². The molecule has 22 heavy (non-hydrogen) atoms. The van der Waals surface area contributed by atoms with Gasteiger partial charge in [0.25, 0.3) is 0 Å². The van der Waals surface area contributed by atoms with Crippen LogP contribution in [0.25, 0.3) is 0 Å². The lowest BCUT2D eigenvalue weighted by Crippen LogP contribution is -2.25. The molecule has 2 atom stereocenters. The first kappa shape index (κ1) is 16.5. The quantitative estimate of drug-likeness (QED) is 0.816. The van der Waals surface area contributed by atoms with Crippen molar-refractivity contribution in [3.8, 4) is 11.5 Å². The number of aliphatic hydroxyl groups excluding tert-OH is 2. The third-order valence-electron chi connectivity index (χ3n) is 3.86. The Hall–Kier alpha value is -1.84. The van der Waals surface area contributed by atoms with E-state index in [9.17, 15) is 10.2 Å². The summed E-state index contributed by atoms with van der Waals surface area (Å²) in [6.45, 7) is 3.91. The molecule has 118 valence electrons. The van der Waals surface area contributed by atoms with Gasteiger partial charge in [0.15, 0.2) is 0 Å². The van der Waals surface area contributed by atoms with Crippen molar-refractivity contribution in [2.45, 2.75) is 45.3 Å². The number of aliphatic hydroxyl groups is 2. The maximum atomic E-state index is 9.84. The van der Waals surface area contributed by atoms with Gasteiger partial charge in [-0.05, 0) is 61.6 Å². The molecule has 3 heteroatoms. The van der Waals surface area contributed by atoms with Crippen LogP contribution in [0.1, 0.15) is 30.9 Å². The molecule has 0 aliphatic rings. The Balaban J connectivity index is 1.98. The third-order valence-corrected chi connectivity index (χ3v) is 3.86. The molecule has 0 fully saturated rings. The van der Waals surface area contributed by atoms with Gasteiger partial charge in [0.05, 0.1) is 12.2 Å². The fourth-order valence-electron chi connectivity index (χ4n) is 2.40. The summed E-state index contributed by atoms with van der Waals surface area (Å²) in [7, 11) is 0. The summed E-state index contributed by atoms with van der Waals surface area (Å²) in [6.07, 6.45) is 0.583. The smallest absolute Gasteiger partial charge is 0.127 e. The maximum absolute atomic E-state index is 9.84. The number of hydrogen-bond acceptors (Lipinski definition) is 3. The zero-order chi connectivity index (χ0) is 15.9. The lowest BCUT2D eigenvalue weighted by molar-refractivity contribution is 0.0130. The van der Waals surface area contributed by atoms with Gasteiger partial charge in [0.1, 0.15) is 11.5 Å². The number of aryl methyl sites for hydroxylation is 2. The summed E-state index contributed by atoms with van der Waals surface area (Å²) in [5.74, 6) is 1.62. The first-order chi connectivity index (χ1) is 10.6. The SMILES string of the molecule is CCC(O)C(O)CCc1ccc(Oc2ccccc2)cc1C. The average Bonchev–Trinajstić information content (AvgIpc) is 2.54. The molecule has 2 N–H and O–H groups in total. The highest BCUT2D eigenvalue weighted by atomic mass is 16.5. The molecule has 0 bridgehead atoms.